The summed E-state index contributed by atoms with van der Waals surface area (Å²) >= 11 is 0. The molecule has 0 saturated heterocycles. The number of halogens is 2. The Morgan fingerprint density at radius 3 is 1.46 bits per heavy atom. The maximum atomic E-state index is 12.3. The Bertz CT molecular complexity index is 92.2. The molecule has 0 aliphatic carbocycles. The van der Waals surface area contributed by atoms with Gasteiger partial charge in [0.15, 0.2) is 0 Å². The van der Waals surface area contributed by atoms with Crippen molar-refractivity contribution in [3.63, 3.8) is 0 Å². The third kappa shape index (κ3) is 18.7. The molecule has 0 aromatic heterocycles. The SMILES string of the molecule is CC.CC(C)(C)CCCC(C)(F)F. The smallest absolute Gasteiger partial charge is 0.207 e. The number of alkyl halides is 2. The highest BCUT2D eigenvalue weighted by Gasteiger charge is 2.21. The van der Waals surface area contributed by atoms with Crippen LogP contribution in [0.2, 0.25) is 0 Å². The van der Waals surface area contributed by atoms with E-state index in [1.807, 2.05) is 13.8 Å². The zero-order valence-electron chi connectivity index (χ0n) is 9.88. The van der Waals surface area contributed by atoms with Crippen molar-refractivity contribution in [3.8, 4) is 0 Å². The minimum absolute atomic E-state index is 0.0181. The number of rotatable bonds is 3. The Hall–Kier alpha value is -0.140. The van der Waals surface area contributed by atoms with Gasteiger partial charge >= 0.3 is 0 Å². The monoisotopic (exact) mass is 194 g/mol. The second-order valence-corrected chi connectivity index (χ2v) is 4.48. The summed E-state index contributed by atoms with van der Waals surface area (Å²) in [5.74, 6) is -2.48. The molecule has 0 atom stereocenters. The van der Waals surface area contributed by atoms with Crippen molar-refractivity contribution in [3.05, 3.63) is 0 Å². The Morgan fingerprint density at radius 1 is 0.846 bits per heavy atom. The lowest BCUT2D eigenvalue weighted by molar-refractivity contribution is 0.00843. The highest BCUT2D eigenvalue weighted by molar-refractivity contribution is 4.65. The van der Waals surface area contributed by atoms with Gasteiger partial charge in [0.2, 0.25) is 5.92 Å². The van der Waals surface area contributed by atoms with Crippen molar-refractivity contribution >= 4 is 0 Å². The lowest BCUT2D eigenvalue weighted by atomic mass is 9.89. The van der Waals surface area contributed by atoms with E-state index in [1.54, 1.807) is 0 Å². The largest absolute Gasteiger partial charge is 0.245 e. The molecule has 0 bridgehead atoms. The van der Waals surface area contributed by atoms with Crippen LogP contribution in [0.4, 0.5) is 8.78 Å². The van der Waals surface area contributed by atoms with Crippen molar-refractivity contribution in [1.82, 2.24) is 0 Å². The highest BCUT2D eigenvalue weighted by atomic mass is 19.3. The van der Waals surface area contributed by atoms with Crippen LogP contribution in [0.5, 0.6) is 0 Å². The molecule has 82 valence electrons. The third-order valence-corrected chi connectivity index (χ3v) is 1.54. The second-order valence-electron chi connectivity index (χ2n) is 4.48. The van der Waals surface area contributed by atoms with Crippen LogP contribution in [0.15, 0.2) is 0 Å². The van der Waals surface area contributed by atoms with E-state index in [-0.39, 0.29) is 11.8 Å². The molecular weight excluding hydrogens is 170 g/mol. The molecule has 0 radical (unpaired) electrons. The van der Waals surface area contributed by atoms with Gasteiger partial charge in [0.1, 0.15) is 0 Å². The van der Waals surface area contributed by atoms with Gasteiger partial charge in [-0.05, 0) is 25.2 Å². The fraction of sp³-hybridized carbons (Fsp3) is 1.00. The van der Waals surface area contributed by atoms with E-state index in [1.165, 1.54) is 0 Å². The van der Waals surface area contributed by atoms with Crippen LogP contribution in [0, 0.1) is 5.41 Å². The maximum absolute atomic E-state index is 12.3. The lowest BCUT2D eigenvalue weighted by Crippen LogP contribution is -2.12. The molecular formula is C11H24F2. The molecule has 13 heavy (non-hydrogen) atoms. The van der Waals surface area contributed by atoms with Crippen LogP contribution < -0.4 is 0 Å². The standard InChI is InChI=1S/C9H18F2.C2H6/c1-8(2,3)6-5-7-9(4,10)11;1-2/h5-7H2,1-4H3;1-2H3. The summed E-state index contributed by atoms with van der Waals surface area (Å²) in [5.41, 5.74) is 0.186. The number of hydrogen-bond donors (Lipinski definition) is 0. The molecule has 0 spiro atoms. The van der Waals surface area contributed by atoms with E-state index in [4.69, 9.17) is 0 Å². The lowest BCUT2D eigenvalue weighted by Gasteiger charge is -2.18. The van der Waals surface area contributed by atoms with Crippen molar-refractivity contribution in [2.75, 3.05) is 0 Å². The highest BCUT2D eigenvalue weighted by Crippen LogP contribution is 2.26. The van der Waals surface area contributed by atoms with E-state index >= 15 is 0 Å². The second kappa shape index (κ2) is 6.33. The first-order chi connectivity index (χ1) is 5.71. The van der Waals surface area contributed by atoms with Gasteiger partial charge in [-0.3, -0.25) is 0 Å². The predicted octanol–water partition coefficient (Wildman–Crippen LogP) is 4.88. The summed E-state index contributed by atoms with van der Waals surface area (Å²) in [4.78, 5) is 0. The van der Waals surface area contributed by atoms with E-state index < -0.39 is 5.92 Å². The molecule has 0 amide bonds. The molecule has 0 N–H and O–H groups in total. The summed E-state index contributed by atoms with van der Waals surface area (Å²) in [6.45, 7) is 11.2. The summed E-state index contributed by atoms with van der Waals surface area (Å²) in [6, 6.07) is 0. The molecule has 0 aromatic carbocycles. The first kappa shape index (κ1) is 15.3. The van der Waals surface area contributed by atoms with Crippen LogP contribution in [-0.4, -0.2) is 5.92 Å². The predicted molar refractivity (Wildman–Crippen MR) is 55.3 cm³/mol. The van der Waals surface area contributed by atoms with Crippen LogP contribution in [0.25, 0.3) is 0 Å². The van der Waals surface area contributed by atoms with Crippen molar-refractivity contribution in [2.45, 2.75) is 66.7 Å². The summed E-state index contributed by atoms with van der Waals surface area (Å²) in [5, 5.41) is 0. The molecule has 0 aliphatic rings. The molecule has 0 aliphatic heterocycles. The summed E-state index contributed by atoms with van der Waals surface area (Å²) in [7, 11) is 0. The Balaban J connectivity index is 0. The first-order valence-electron chi connectivity index (χ1n) is 5.09. The molecule has 0 nitrogen and oxygen atoms in total. The molecule has 0 rings (SSSR count). The average molecular weight is 194 g/mol. The zero-order chi connectivity index (χ0) is 11.1. The van der Waals surface area contributed by atoms with Crippen LogP contribution in [-0.2, 0) is 0 Å². The Kier molecular flexibility index (Phi) is 7.47. The molecule has 0 fully saturated rings. The van der Waals surface area contributed by atoms with E-state index in [2.05, 4.69) is 20.8 Å². The van der Waals surface area contributed by atoms with E-state index in [0.29, 0.717) is 6.42 Å². The minimum atomic E-state index is -2.48. The van der Waals surface area contributed by atoms with Gasteiger partial charge in [-0.25, -0.2) is 8.78 Å². The fourth-order valence-corrected chi connectivity index (χ4v) is 0.929. The maximum Gasteiger partial charge on any atom is 0.245 e. The normalized spacial score (nSPS) is 12.0. The topological polar surface area (TPSA) is 0 Å². The third-order valence-electron chi connectivity index (χ3n) is 1.54. The Labute approximate surface area is 81.7 Å². The van der Waals surface area contributed by atoms with Gasteiger partial charge < -0.3 is 0 Å². The molecule has 0 aromatic rings. The van der Waals surface area contributed by atoms with Crippen molar-refractivity contribution in [2.24, 2.45) is 5.41 Å². The molecule has 0 saturated carbocycles. The number of hydrogen-bond acceptors (Lipinski definition) is 0. The van der Waals surface area contributed by atoms with Gasteiger partial charge in [0, 0.05) is 6.42 Å². The zero-order valence-corrected chi connectivity index (χ0v) is 9.88. The fourth-order valence-electron chi connectivity index (χ4n) is 0.929. The van der Waals surface area contributed by atoms with Gasteiger partial charge in [-0.1, -0.05) is 34.6 Å². The molecule has 0 unspecified atom stereocenters. The van der Waals surface area contributed by atoms with Crippen LogP contribution in [0.3, 0.4) is 0 Å². The van der Waals surface area contributed by atoms with Crippen LogP contribution in [0.1, 0.15) is 60.8 Å². The van der Waals surface area contributed by atoms with Crippen molar-refractivity contribution in [1.29, 1.82) is 0 Å². The van der Waals surface area contributed by atoms with Gasteiger partial charge in [0.05, 0.1) is 0 Å². The van der Waals surface area contributed by atoms with Gasteiger partial charge in [-0.2, -0.15) is 0 Å². The minimum Gasteiger partial charge on any atom is -0.207 e. The summed E-state index contributed by atoms with van der Waals surface area (Å²) in [6.07, 6.45) is 1.51. The Morgan fingerprint density at radius 2 is 1.23 bits per heavy atom. The first-order valence-corrected chi connectivity index (χ1v) is 5.09. The quantitative estimate of drug-likeness (QED) is 0.600. The van der Waals surface area contributed by atoms with Gasteiger partial charge in [0.25, 0.3) is 0 Å². The average Bonchev–Trinajstić information content (AvgIpc) is 1.86. The van der Waals surface area contributed by atoms with Crippen molar-refractivity contribution < 1.29 is 8.78 Å². The van der Waals surface area contributed by atoms with Gasteiger partial charge in [-0.15, -0.1) is 0 Å². The summed E-state index contributed by atoms with van der Waals surface area (Å²) < 4.78 is 24.6. The molecule has 0 heterocycles. The molecule has 2 heteroatoms. The van der Waals surface area contributed by atoms with Crippen LogP contribution >= 0.6 is 0 Å². The van der Waals surface area contributed by atoms with E-state index in [0.717, 1.165) is 13.3 Å². The van der Waals surface area contributed by atoms with E-state index in [9.17, 15) is 8.78 Å².